The molecule has 2 heterocycles. The number of benzene rings is 3. The van der Waals surface area contributed by atoms with E-state index in [-0.39, 0.29) is 18.2 Å². The summed E-state index contributed by atoms with van der Waals surface area (Å²) in [5, 5.41) is 7.38. The van der Waals surface area contributed by atoms with Crippen LogP contribution in [0.1, 0.15) is 12.0 Å². The van der Waals surface area contributed by atoms with E-state index in [2.05, 4.69) is 15.6 Å². The van der Waals surface area contributed by atoms with Gasteiger partial charge in [0.2, 0.25) is 11.8 Å². The van der Waals surface area contributed by atoms with Crippen LogP contribution in [0.2, 0.25) is 0 Å². The highest BCUT2D eigenvalue weighted by atomic mass is 32.2. The molecule has 8 heteroatoms. The van der Waals surface area contributed by atoms with Crippen LogP contribution in [0.15, 0.2) is 83.9 Å². The first-order valence-corrected chi connectivity index (χ1v) is 12.1. The zero-order valence-electron chi connectivity index (χ0n) is 18.4. The van der Waals surface area contributed by atoms with Gasteiger partial charge < -0.3 is 15.6 Å². The number of aromatic nitrogens is 1. The summed E-state index contributed by atoms with van der Waals surface area (Å²) in [7, 11) is 0. The lowest BCUT2D eigenvalue weighted by Gasteiger charge is -2.15. The molecule has 2 amide bonds. The van der Waals surface area contributed by atoms with Crippen molar-refractivity contribution >= 4 is 68.9 Å². The molecule has 1 saturated heterocycles. The van der Waals surface area contributed by atoms with Crippen molar-refractivity contribution in [1.29, 1.82) is 0 Å². The van der Waals surface area contributed by atoms with Gasteiger partial charge in [0.15, 0.2) is 5.11 Å². The lowest BCUT2D eigenvalue weighted by molar-refractivity contribution is -0.121. The number of thioether (sulfide) groups is 1. The molecule has 0 spiro atoms. The van der Waals surface area contributed by atoms with E-state index in [1.165, 1.54) is 22.2 Å². The van der Waals surface area contributed by atoms with Crippen LogP contribution in [-0.4, -0.2) is 27.2 Å². The Balaban J connectivity index is 1.26. The number of nitrogens with one attached hydrogen (secondary N) is 3. The average molecular weight is 487 g/mol. The Hall–Kier alpha value is -3.62. The molecule has 0 radical (unpaired) electrons. The third kappa shape index (κ3) is 4.69. The smallest absolute Gasteiger partial charge is 0.247 e. The van der Waals surface area contributed by atoms with E-state index in [0.29, 0.717) is 10.8 Å². The number of imide groups is 1. The molecule has 1 unspecified atom stereocenters. The van der Waals surface area contributed by atoms with Gasteiger partial charge in [0.05, 0.1) is 10.9 Å². The van der Waals surface area contributed by atoms with Gasteiger partial charge in [-0.25, -0.2) is 4.90 Å². The number of hydrogen-bond acceptors (Lipinski definition) is 4. The second-order valence-electron chi connectivity index (χ2n) is 8.10. The highest BCUT2D eigenvalue weighted by Crippen LogP contribution is 2.35. The summed E-state index contributed by atoms with van der Waals surface area (Å²) in [6.07, 6.45) is 2.00. The van der Waals surface area contributed by atoms with Gasteiger partial charge in [-0.05, 0) is 73.1 Å². The Kier molecular flexibility index (Phi) is 6.08. The molecule has 34 heavy (non-hydrogen) atoms. The predicted octanol–water partition coefficient (Wildman–Crippen LogP) is 5.71. The number of anilines is 3. The number of aromatic amines is 1. The molecule has 5 rings (SSSR count). The van der Waals surface area contributed by atoms with Gasteiger partial charge in [-0.15, -0.1) is 11.8 Å². The summed E-state index contributed by atoms with van der Waals surface area (Å²) in [6, 6.07) is 23.1. The van der Waals surface area contributed by atoms with E-state index in [1.54, 1.807) is 0 Å². The van der Waals surface area contributed by atoms with Gasteiger partial charge in [-0.2, -0.15) is 0 Å². The third-order valence-corrected chi connectivity index (χ3v) is 6.96. The van der Waals surface area contributed by atoms with Gasteiger partial charge in [-0.3, -0.25) is 9.59 Å². The summed E-state index contributed by atoms with van der Waals surface area (Å²) in [5.41, 5.74) is 4.37. The van der Waals surface area contributed by atoms with E-state index in [0.717, 1.165) is 27.2 Å². The highest BCUT2D eigenvalue weighted by Gasteiger charge is 2.40. The first kappa shape index (κ1) is 22.2. The lowest BCUT2D eigenvalue weighted by Crippen LogP contribution is -2.31. The maximum Gasteiger partial charge on any atom is 0.247 e. The van der Waals surface area contributed by atoms with E-state index in [4.69, 9.17) is 12.2 Å². The number of carbonyl (C=O) groups excluding carboxylic acids is 2. The lowest BCUT2D eigenvalue weighted by atomic mass is 10.2. The largest absolute Gasteiger partial charge is 0.361 e. The van der Waals surface area contributed by atoms with Crippen molar-refractivity contribution in [3.05, 3.63) is 84.6 Å². The van der Waals surface area contributed by atoms with Crippen molar-refractivity contribution in [1.82, 2.24) is 4.98 Å². The van der Waals surface area contributed by atoms with Crippen LogP contribution < -0.4 is 15.5 Å². The van der Waals surface area contributed by atoms with Crippen LogP contribution in [0.5, 0.6) is 0 Å². The number of H-pyrrole nitrogens is 1. The van der Waals surface area contributed by atoms with Gasteiger partial charge in [-0.1, -0.05) is 29.8 Å². The molecule has 4 aromatic rings. The molecule has 3 N–H and O–H groups in total. The van der Waals surface area contributed by atoms with Crippen molar-refractivity contribution in [2.24, 2.45) is 0 Å². The number of hydrogen-bond donors (Lipinski definition) is 3. The van der Waals surface area contributed by atoms with E-state index in [9.17, 15) is 9.59 Å². The van der Waals surface area contributed by atoms with Crippen molar-refractivity contribution < 1.29 is 9.59 Å². The van der Waals surface area contributed by atoms with E-state index in [1.807, 2.05) is 85.9 Å². The maximum absolute atomic E-state index is 13.1. The van der Waals surface area contributed by atoms with Crippen molar-refractivity contribution in [2.75, 3.05) is 15.5 Å². The summed E-state index contributed by atoms with van der Waals surface area (Å²) in [4.78, 5) is 31.1. The fraction of sp³-hybridized carbons (Fsp3) is 0.115. The second-order valence-corrected chi connectivity index (χ2v) is 9.78. The number of aryl methyl sites for hydroxylation is 1. The Morgan fingerprint density at radius 3 is 2.62 bits per heavy atom. The molecule has 0 aliphatic carbocycles. The standard InChI is InChI=1S/C26H22N4O2S2/c1-16-5-8-18(9-6-16)28-26(33)29-19-3-2-4-21(13-19)34-23-15-24(31)30(25(23)32)20-10-7-17-11-12-27-22(17)14-20/h2-14,23,27H,15H2,1H3,(H2,28,29,33). The Morgan fingerprint density at radius 1 is 1.00 bits per heavy atom. The molecule has 0 bridgehead atoms. The molecule has 1 aliphatic rings. The maximum atomic E-state index is 13.1. The topological polar surface area (TPSA) is 77.2 Å². The minimum Gasteiger partial charge on any atom is -0.361 e. The zero-order chi connectivity index (χ0) is 23.7. The third-order valence-electron chi connectivity index (χ3n) is 5.58. The van der Waals surface area contributed by atoms with Crippen LogP contribution in [0.25, 0.3) is 10.9 Å². The molecule has 1 aromatic heterocycles. The number of carbonyl (C=O) groups is 2. The molecule has 170 valence electrons. The zero-order valence-corrected chi connectivity index (χ0v) is 20.0. The number of nitrogens with zero attached hydrogens (tertiary/aromatic N) is 1. The SMILES string of the molecule is Cc1ccc(NC(=S)Nc2cccc(SC3CC(=O)N(c4ccc5cc[nH]c5c4)C3=O)c2)cc1. The molecular formula is C26H22N4O2S2. The molecular weight excluding hydrogens is 464 g/mol. The first-order valence-electron chi connectivity index (χ1n) is 10.8. The fourth-order valence-corrected chi connectivity index (χ4v) is 5.23. The van der Waals surface area contributed by atoms with E-state index < -0.39 is 5.25 Å². The quantitative estimate of drug-likeness (QED) is 0.248. The van der Waals surface area contributed by atoms with Gasteiger partial charge in [0, 0.05) is 34.4 Å². The number of rotatable bonds is 5. The predicted molar refractivity (Wildman–Crippen MR) is 143 cm³/mol. The van der Waals surface area contributed by atoms with Gasteiger partial charge in [0.1, 0.15) is 0 Å². The number of amides is 2. The van der Waals surface area contributed by atoms with Crippen LogP contribution in [0.3, 0.4) is 0 Å². The minimum absolute atomic E-state index is 0.164. The molecule has 1 fully saturated rings. The normalized spacial score (nSPS) is 15.7. The summed E-state index contributed by atoms with van der Waals surface area (Å²) in [6.45, 7) is 2.03. The van der Waals surface area contributed by atoms with Gasteiger partial charge >= 0.3 is 0 Å². The summed E-state index contributed by atoms with van der Waals surface area (Å²) >= 11 is 6.82. The molecule has 6 nitrogen and oxygen atoms in total. The Bertz CT molecular complexity index is 1400. The monoisotopic (exact) mass is 486 g/mol. The number of fused-ring (bicyclic) bond motifs is 1. The van der Waals surface area contributed by atoms with Crippen molar-refractivity contribution in [2.45, 2.75) is 23.5 Å². The van der Waals surface area contributed by atoms with Gasteiger partial charge in [0.25, 0.3) is 0 Å². The molecule has 0 saturated carbocycles. The fourth-order valence-electron chi connectivity index (χ4n) is 3.88. The molecule has 1 atom stereocenters. The highest BCUT2D eigenvalue weighted by molar-refractivity contribution is 8.00. The molecule has 1 aliphatic heterocycles. The number of thiocarbonyl (C=S) groups is 1. The summed E-state index contributed by atoms with van der Waals surface area (Å²) < 4.78 is 0. The minimum atomic E-state index is -0.472. The summed E-state index contributed by atoms with van der Waals surface area (Å²) in [5.74, 6) is -0.387. The average Bonchev–Trinajstić information content (AvgIpc) is 3.39. The van der Waals surface area contributed by atoms with Crippen LogP contribution in [-0.2, 0) is 9.59 Å². The Labute approximate surface area is 206 Å². The van der Waals surface area contributed by atoms with E-state index >= 15 is 0 Å². The van der Waals surface area contributed by atoms with Crippen LogP contribution >= 0.6 is 24.0 Å². The Morgan fingerprint density at radius 2 is 1.79 bits per heavy atom. The first-order chi connectivity index (χ1) is 16.5. The van der Waals surface area contributed by atoms with Crippen LogP contribution in [0, 0.1) is 6.92 Å². The van der Waals surface area contributed by atoms with Crippen molar-refractivity contribution in [3.8, 4) is 0 Å². The van der Waals surface area contributed by atoms with Crippen LogP contribution in [0.4, 0.5) is 17.1 Å². The second kappa shape index (κ2) is 9.32. The van der Waals surface area contributed by atoms with Crippen molar-refractivity contribution in [3.63, 3.8) is 0 Å². The molecule has 3 aromatic carbocycles.